The molecule has 2 atom stereocenters. The summed E-state index contributed by atoms with van der Waals surface area (Å²) in [4.78, 5) is 13.9. The first-order valence-corrected chi connectivity index (χ1v) is 6.28. The van der Waals surface area contributed by atoms with Crippen LogP contribution in [0.4, 0.5) is 0 Å². The molecule has 0 aliphatic carbocycles. The van der Waals surface area contributed by atoms with Crippen LogP contribution in [0.2, 0.25) is 0 Å². The molecule has 90 valence electrons. The number of fused-ring (bicyclic) bond motifs is 2. The van der Waals surface area contributed by atoms with Crippen LogP contribution in [-0.4, -0.2) is 27.9 Å². The molecule has 1 aromatic carbocycles. The Morgan fingerprint density at radius 2 is 1.82 bits per heavy atom. The number of para-hydroxylation sites is 1. The van der Waals surface area contributed by atoms with Gasteiger partial charge in [-0.05, 0) is 18.9 Å². The number of carbonyl (C=O) groups is 1. The maximum atomic E-state index is 11.5. The van der Waals surface area contributed by atoms with Crippen LogP contribution in [0.1, 0.15) is 31.2 Å². The summed E-state index contributed by atoms with van der Waals surface area (Å²) in [6.07, 6.45) is 3.65. The van der Waals surface area contributed by atoms with Gasteiger partial charge in [0.15, 0.2) is 0 Å². The summed E-state index contributed by atoms with van der Waals surface area (Å²) in [7, 11) is 0. The largest absolute Gasteiger partial charge is 0.508 e. The maximum Gasteiger partial charge on any atom is 0.136 e. The zero-order valence-corrected chi connectivity index (χ0v) is 9.80. The van der Waals surface area contributed by atoms with E-state index in [4.69, 9.17) is 0 Å². The molecule has 3 nitrogen and oxygen atoms in total. The van der Waals surface area contributed by atoms with E-state index in [0.29, 0.717) is 36.5 Å². The van der Waals surface area contributed by atoms with Crippen molar-refractivity contribution in [3.05, 3.63) is 29.8 Å². The molecular weight excluding hydrogens is 214 g/mol. The molecule has 3 heteroatoms. The summed E-state index contributed by atoms with van der Waals surface area (Å²) in [6.45, 7) is 0.773. The number of piperidine rings is 1. The number of phenolic OH excluding ortho intramolecular Hbond substituents is 1. The Hall–Kier alpha value is -1.35. The van der Waals surface area contributed by atoms with Gasteiger partial charge in [0.1, 0.15) is 11.5 Å². The molecule has 0 aromatic heterocycles. The van der Waals surface area contributed by atoms with Gasteiger partial charge in [0.25, 0.3) is 0 Å². The summed E-state index contributed by atoms with van der Waals surface area (Å²) in [5.41, 5.74) is 0.971. The van der Waals surface area contributed by atoms with Gasteiger partial charge in [-0.3, -0.25) is 9.69 Å². The van der Waals surface area contributed by atoms with Crippen molar-refractivity contribution in [2.45, 2.75) is 44.3 Å². The van der Waals surface area contributed by atoms with Crippen LogP contribution in [0.15, 0.2) is 24.3 Å². The molecule has 2 bridgehead atoms. The number of nitrogens with zero attached hydrogens (tertiary/aromatic N) is 1. The minimum atomic E-state index is 0.365. The normalized spacial score (nSPS) is 28.6. The zero-order valence-electron chi connectivity index (χ0n) is 9.80. The molecule has 3 rings (SSSR count). The minimum absolute atomic E-state index is 0.365. The third-order valence-electron chi connectivity index (χ3n) is 4.04. The third kappa shape index (κ3) is 1.95. The van der Waals surface area contributed by atoms with E-state index in [0.717, 1.165) is 24.9 Å². The number of phenols is 1. The molecule has 1 aromatic rings. The number of carbonyl (C=O) groups excluding carboxylic acids is 1. The van der Waals surface area contributed by atoms with Crippen molar-refractivity contribution in [2.24, 2.45) is 0 Å². The van der Waals surface area contributed by atoms with Crippen LogP contribution in [0.5, 0.6) is 5.75 Å². The second kappa shape index (κ2) is 4.15. The van der Waals surface area contributed by atoms with E-state index in [9.17, 15) is 9.90 Å². The maximum absolute atomic E-state index is 11.5. The van der Waals surface area contributed by atoms with Crippen LogP contribution in [0.3, 0.4) is 0 Å². The van der Waals surface area contributed by atoms with E-state index in [1.807, 2.05) is 18.2 Å². The molecule has 2 heterocycles. The Morgan fingerprint density at radius 1 is 1.18 bits per heavy atom. The van der Waals surface area contributed by atoms with E-state index in [1.165, 1.54) is 0 Å². The highest BCUT2D eigenvalue weighted by molar-refractivity contribution is 5.80. The summed E-state index contributed by atoms with van der Waals surface area (Å²) in [5.74, 6) is 0.773. The van der Waals surface area contributed by atoms with E-state index in [1.54, 1.807) is 6.07 Å². The zero-order chi connectivity index (χ0) is 11.8. The van der Waals surface area contributed by atoms with Crippen molar-refractivity contribution >= 4 is 5.78 Å². The fourth-order valence-corrected chi connectivity index (χ4v) is 3.16. The average Bonchev–Trinajstić information content (AvgIpc) is 2.56. The van der Waals surface area contributed by atoms with Gasteiger partial charge >= 0.3 is 0 Å². The van der Waals surface area contributed by atoms with Crippen molar-refractivity contribution in [3.8, 4) is 5.75 Å². The molecule has 0 spiro atoms. The smallest absolute Gasteiger partial charge is 0.136 e. The van der Waals surface area contributed by atoms with E-state index >= 15 is 0 Å². The lowest BCUT2D eigenvalue weighted by molar-refractivity contribution is -0.123. The number of ketones is 1. The third-order valence-corrected chi connectivity index (χ3v) is 4.04. The van der Waals surface area contributed by atoms with Crippen molar-refractivity contribution in [1.82, 2.24) is 4.90 Å². The summed E-state index contributed by atoms with van der Waals surface area (Å²) in [6, 6.07) is 8.29. The number of aromatic hydroxyl groups is 1. The number of hydrogen-bond acceptors (Lipinski definition) is 3. The first-order valence-electron chi connectivity index (χ1n) is 6.28. The fraction of sp³-hybridized carbons (Fsp3) is 0.500. The molecule has 2 aliphatic heterocycles. The van der Waals surface area contributed by atoms with Gasteiger partial charge in [-0.15, -0.1) is 0 Å². The van der Waals surface area contributed by atoms with Crippen molar-refractivity contribution in [3.63, 3.8) is 0 Å². The molecule has 2 unspecified atom stereocenters. The predicted molar refractivity (Wildman–Crippen MR) is 64.7 cm³/mol. The first-order chi connectivity index (χ1) is 8.24. The molecule has 17 heavy (non-hydrogen) atoms. The number of hydrogen-bond donors (Lipinski definition) is 1. The Balaban J connectivity index is 1.79. The molecule has 2 saturated heterocycles. The first kappa shape index (κ1) is 10.8. The van der Waals surface area contributed by atoms with Crippen LogP contribution >= 0.6 is 0 Å². The van der Waals surface area contributed by atoms with Gasteiger partial charge in [0.05, 0.1) is 0 Å². The predicted octanol–water partition coefficient (Wildman–Crippen LogP) is 2.09. The highest BCUT2D eigenvalue weighted by Crippen LogP contribution is 2.36. The lowest BCUT2D eigenvalue weighted by Crippen LogP contribution is -2.42. The van der Waals surface area contributed by atoms with Crippen LogP contribution in [-0.2, 0) is 11.3 Å². The Morgan fingerprint density at radius 3 is 2.47 bits per heavy atom. The SMILES string of the molecule is O=C1CC2CCC(C1)N2Cc1ccccc1O. The van der Waals surface area contributed by atoms with Crippen LogP contribution in [0, 0.1) is 0 Å². The lowest BCUT2D eigenvalue weighted by Gasteiger charge is -2.34. The molecule has 2 aliphatic rings. The molecule has 1 N–H and O–H groups in total. The summed E-state index contributed by atoms with van der Waals surface area (Å²) >= 11 is 0. The van der Waals surface area contributed by atoms with Gasteiger partial charge < -0.3 is 5.11 Å². The molecule has 2 fully saturated rings. The fourth-order valence-electron chi connectivity index (χ4n) is 3.16. The number of rotatable bonds is 2. The number of benzene rings is 1. The van der Waals surface area contributed by atoms with Crippen LogP contribution < -0.4 is 0 Å². The van der Waals surface area contributed by atoms with Gasteiger partial charge in [0.2, 0.25) is 0 Å². The highest BCUT2D eigenvalue weighted by atomic mass is 16.3. The summed E-state index contributed by atoms with van der Waals surface area (Å²) < 4.78 is 0. The lowest BCUT2D eigenvalue weighted by atomic mass is 10.0. The monoisotopic (exact) mass is 231 g/mol. The second-order valence-corrected chi connectivity index (χ2v) is 5.13. The van der Waals surface area contributed by atoms with E-state index < -0.39 is 0 Å². The highest BCUT2D eigenvalue weighted by Gasteiger charge is 2.39. The van der Waals surface area contributed by atoms with E-state index in [-0.39, 0.29) is 0 Å². The Bertz CT molecular complexity index is 428. The average molecular weight is 231 g/mol. The van der Waals surface area contributed by atoms with Crippen molar-refractivity contribution in [2.75, 3.05) is 0 Å². The Labute approximate surface area is 101 Å². The standard InChI is InChI=1S/C14H17NO2/c16-13-7-11-5-6-12(8-13)15(11)9-10-3-1-2-4-14(10)17/h1-4,11-12,17H,5-9H2. The topological polar surface area (TPSA) is 40.5 Å². The minimum Gasteiger partial charge on any atom is -0.508 e. The van der Waals surface area contributed by atoms with Crippen LogP contribution in [0.25, 0.3) is 0 Å². The summed E-state index contributed by atoms with van der Waals surface area (Å²) in [5, 5.41) is 9.79. The van der Waals surface area contributed by atoms with Crippen molar-refractivity contribution in [1.29, 1.82) is 0 Å². The van der Waals surface area contributed by atoms with Crippen molar-refractivity contribution < 1.29 is 9.90 Å². The quantitative estimate of drug-likeness (QED) is 0.847. The van der Waals surface area contributed by atoms with Gasteiger partial charge in [-0.1, -0.05) is 18.2 Å². The van der Waals surface area contributed by atoms with Gasteiger partial charge in [0, 0.05) is 37.0 Å². The van der Waals surface area contributed by atoms with Gasteiger partial charge in [-0.2, -0.15) is 0 Å². The number of Topliss-reactive ketones (excluding diaryl/α,β-unsaturated/α-hetero) is 1. The molecule has 0 amide bonds. The molecular formula is C14H17NO2. The second-order valence-electron chi connectivity index (χ2n) is 5.13. The van der Waals surface area contributed by atoms with Gasteiger partial charge in [-0.25, -0.2) is 0 Å². The molecule has 0 saturated carbocycles. The Kier molecular flexibility index (Phi) is 2.63. The van der Waals surface area contributed by atoms with E-state index in [2.05, 4.69) is 4.90 Å². The molecule has 0 radical (unpaired) electrons.